The third-order valence-corrected chi connectivity index (χ3v) is 3.45. The van der Waals surface area contributed by atoms with Gasteiger partial charge >= 0.3 is 0 Å². The van der Waals surface area contributed by atoms with Crippen LogP contribution < -0.4 is 5.43 Å². The molecule has 5 nitrogen and oxygen atoms in total. The van der Waals surface area contributed by atoms with Crippen molar-refractivity contribution in [2.75, 3.05) is 0 Å². The second kappa shape index (κ2) is 6.70. The second-order valence-corrected chi connectivity index (χ2v) is 5.09. The van der Waals surface area contributed by atoms with Crippen molar-refractivity contribution in [3.8, 4) is 11.3 Å². The number of carbonyl (C=O) groups is 1. The first-order valence-corrected chi connectivity index (χ1v) is 7.24. The molecular weight excluding hydrogens is 288 g/mol. The van der Waals surface area contributed by atoms with E-state index in [1.807, 2.05) is 61.5 Å². The Labute approximate surface area is 134 Å². The van der Waals surface area contributed by atoms with Crippen molar-refractivity contribution in [3.63, 3.8) is 0 Å². The minimum absolute atomic E-state index is 0.329. The molecule has 1 heterocycles. The number of carbonyl (C=O) groups excluding carboxylic acids is 1. The first kappa shape index (κ1) is 14.7. The number of H-pyrrole nitrogens is 1. The Balaban J connectivity index is 1.68. The fourth-order valence-corrected chi connectivity index (χ4v) is 2.15. The molecule has 1 aromatic heterocycles. The van der Waals surface area contributed by atoms with E-state index in [4.69, 9.17) is 0 Å². The summed E-state index contributed by atoms with van der Waals surface area (Å²) in [5.74, 6) is -0.329. The molecule has 2 N–H and O–H groups in total. The summed E-state index contributed by atoms with van der Waals surface area (Å²) in [4.78, 5) is 12.1. The molecule has 0 saturated heterocycles. The van der Waals surface area contributed by atoms with Crippen molar-refractivity contribution >= 4 is 12.1 Å². The standard InChI is InChI=1S/C18H16N4O/c1-13-7-5-6-10-15(13)12-19-22-18(23)17-11-16(20-21-17)14-8-3-2-4-9-14/h2-12H,1H3,(H,20,21)(H,22,23)/b19-12+. The zero-order valence-corrected chi connectivity index (χ0v) is 12.7. The smallest absolute Gasteiger partial charge is 0.272 e. The summed E-state index contributed by atoms with van der Waals surface area (Å²) in [6, 6.07) is 19.2. The number of benzene rings is 2. The minimum atomic E-state index is -0.329. The van der Waals surface area contributed by atoms with Crippen molar-refractivity contribution in [1.29, 1.82) is 0 Å². The number of aromatic amines is 1. The summed E-state index contributed by atoms with van der Waals surface area (Å²) in [5, 5.41) is 10.9. The molecule has 0 fully saturated rings. The normalized spacial score (nSPS) is 10.8. The van der Waals surface area contributed by atoms with Crippen LogP contribution in [0.1, 0.15) is 21.6 Å². The Morgan fingerprint density at radius 3 is 2.65 bits per heavy atom. The minimum Gasteiger partial charge on any atom is -0.272 e. The Bertz CT molecular complexity index is 837. The van der Waals surface area contributed by atoms with Crippen LogP contribution in [-0.4, -0.2) is 22.3 Å². The Morgan fingerprint density at radius 2 is 1.87 bits per heavy atom. The molecule has 3 rings (SSSR count). The van der Waals surface area contributed by atoms with Gasteiger partial charge in [-0.05, 0) is 24.1 Å². The lowest BCUT2D eigenvalue weighted by molar-refractivity contribution is 0.0950. The Morgan fingerprint density at radius 1 is 1.13 bits per heavy atom. The first-order valence-electron chi connectivity index (χ1n) is 7.24. The molecule has 0 spiro atoms. The van der Waals surface area contributed by atoms with Crippen LogP contribution in [0.4, 0.5) is 0 Å². The van der Waals surface area contributed by atoms with Gasteiger partial charge in [-0.3, -0.25) is 9.89 Å². The van der Waals surface area contributed by atoms with Crippen LogP contribution in [0.15, 0.2) is 65.8 Å². The van der Waals surface area contributed by atoms with E-state index in [1.165, 1.54) is 0 Å². The highest BCUT2D eigenvalue weighted by molar-refractivity contribution is 5.94. The largest absolute Gasteiger partial charge is 0.289 e. The molecule has 0 radical (unpaired) electrons. The van der Waals surface area contributed by atoms with E-state index in [1.54, 1.807) is 12.3 Å². The highest BCUT2D eigenvalue weighted by Crippen LogP contribution is 2.16. The summed E-state index contributed by atoms with van der Waals surface area (Å²) in [6.45, 7) is 1.99. The molecule has 1 amide bonds. The number of hydrogen-bond acceptors (Lipinski definition) is 3. The Kier molecular flexibility index (Phi) is 4.29. The van der Waals surface area contributed by atoms with Crippen molar-refractivity contribution in [2.24, 2.45) is 5.10 Å². The first-order chi connectivity index (χ1) is 11.2. The van der Waals surface area contributed by atoms with Crippen molar-refractivity contribution < 1.29 is 4.79 Å². The molecule has 3 aromatic rings. The third-order valence-electron chi connectivity index (χ3n) is 3.45. The SMILES string of the molecule is Cc1ccccc1/C=N/NC(=O)c1cc(-c2ccccc2)n[nH]1. The van der Waals surface area contributed by atoms with Gasteiger partial charge in [0.25, 0.3) is 5.91 Å². The van der Waals surface area contributed by atoms with Crippen LogP contribution in [0.5, 0.6) is 0 Å². The van der Waals surface area contributed by atoms with Gasteiger partial charge in [-0.1, -0.05) is 54.6 Å². The van der Waals surface area contributed by atoms with Crippen LogP contribution in [0.25, 0.3) is 11.3 Å². The molecule has 0 bridgehead atoms. The van der Waals surface area contributed by atoms with Crippen LogP contribution in [-0.2, 0) is 0 Å². The number of nitrogens with one attached hydrogen (secondary N) is 2. The number of aryl methyl sites for hydroxylation is 1. The maximum absolute atomic E-state index is 12.1. The molecule has 0 aliphatic carbocycles. The number of hydrogen-bond donors (Lipinski definition) is 2. The van der Waals surface area contributed by atoms with Crippen molar-refractivity contribution in [2.45, 2.75) is 6.92 Å². The molecule has 114 valence electrons. The maximum Gasteiger partial charge on any atom is 0.289 e. The summed E-state index contributed by atoms with van der Waals surface area (Å²) in [7, 11) is 0. The van der Waals surface area contributed by atoms with E-state index < -0.39 is 0 Å². The van der Waals surface area contributed by atoms with Crippen LogP contribution in [0.2, 0.25) is 0 Å². The lowest BCUT2D eigenvalue weighted by Gasteiger charge is -1.98. The van der Waals surface area contributed by atoms with Gasteiger partial charge in [-0.2, -0.15) is 10.2 Å². The molecular formula is C18H16N4O. The summed E-state index contributed by atoms with van der Waals surface area (Å²) in [5.41, 5.74) is 6.59. The lowest BCUT2D eigenvalue weighted by Crippen LogP contribution is -2.18. The van der Waals surface area contributed by atoms with Crippen LogP contribution >= 0.6 is 0 Å². The van der Waals surface area contributed by atoms with Gasteiger partial charge in [-0.15, -0.1) is 0 Å². The maximum atomic E-state index is 12.1. The van der Waals surface area contributed by atoms with Gasteiger partial charge in [0.1, 0.15) is 5.69 Å². The van der Waals surface area contributed by atoms with E-state index in [2.05, 4.69) is 20.7 Å². The highest BCUT2D eigenvalue weighted by Gasteiger charge is 2.09. The monoisotopic (exact) mass is 304 g/mol. The quantitative estimate of drug-likeness (QED) is 0.574. The average Bonchev–Trinajstić information content (AvgIpc) is 3.07. The van der Waals surface area contributed by atoms with Crippen molar-refractivity contribution in [3.05, 3.63) is 77.5 Å². The third kappa shape index (κ3) is 3.52. The zero-order chi connectivity index (χ0) is 16.1. The summed E-state index contributed by atoms with van der Waals surface area (Å²) in [6.07, 6.45) is 1.63. The fraction of sp³-hybridized carbons (Fsp3) is 0.0556. The van der Waals surface area contributed by atoms with Crippen LogP contribution in [0, 0.1) is 6.92 Å². The van der Waals surface area contributed by atoms with Crippen molar-refractivity contribution in [1.82, 2.24) is 15.6 Å². The number of aromatic nitrogens is 2. The number of hydrazone groups is 1. The molecule has 0 atom stereocenters. The van der Waals surface area contributed by atoms with E-state index in [0.29, 0.717) is 5.69 Å². The summed E-state index contributed by atoms with van der Waals surface area (Å²) >= 11 is 0. The van der Waals surface area contributed by atoms with E-state index in [0.717, 1.165) is 22.4 Å². The van der Waals surface area contributed by atoms with E-state index >= 15 is 0 Å². The second-order valence-electron chi connectivity index (χ2n) is 5.09. The lowest BCUT2D eigenvalue weighted by atomic mass is 10.1. The molecule has 0 aliphatic rings. The van der Waals surface area contributed by atoms with E-state index in [-0.39, 0.29) is 5.91 Å². The number of amides is 1. The molecule has 0 unspecified atom stereocenters. The van der Waals surface area contributed by atoms with Gasteiger partial charge in [0.05, 0.1) is 11.9 Å². The number of rotatable bonds is 4. The summed E-state index contributed by atoms with van der Waals surface area (Å²) < 4.78 is 0. The Hall–Kier alpha value is -3.21. The average molecular weight is 304 g/mol. The molecule has 2 aromatic carbocycles. The predicted molar refractivity (Wildman–Crippen MR) is 90.3 cm³/mol. The molecule has 0 saturated carbocycles. The van der Waals surface area contributed by atoms with Gasteiger partial charge in [-0.25, -0.2) is 5.43 Å². The van der Waals surface area contributed by atoms with Gasteiger partial charge in [0, 0.05) is 5.56 Å². The van der Waals surface area contributed by atoms with E-state index in [9.17, 15) is 4.79 Å². The van der Waals surface area contributed by atoms with Crippen LogP contribution in [0.3, 0.4) is 0 Å². The topological polar surface area (TPSA) is 70.1 Å². The molecule has 0 aliphatic heterocycles. The van der Waals surface area contributed by atoms with Gasteiger partial charge < -0.3 is 0 Å². The van der Waals surface area contributed by atoms with Gasteiger partial charge in [0.2, 0.25) is 0 Å². The molecule has 23 heavy (non-hydrogen) atoms. The highest BCUT2D eigenvalue weighted by atomic mass is 16.2. The zero-order valence-electron chi connectivity index (χ0n) is 12.7. The van der Waals surface area contributed by atoms with Gasteiger partial charge in [0.15, 0.2) is 0 Å². The molecule has 5 heteroatoms. The number of nitrogens with zero attached hydrogens (tertiary/aromatic N) is 2. The fourth-order valence-electron chi connectivity index (χ4n) is 2.15. The predicted octanol–water partition coefficient (Wildman–Crippen LogP) is 3.15.